The summed E-state index contributed by atoms with van der Waals surface area (Å²) in [6.45, 7) is 5.68. The summed E-state index contributed by atoms with van der Waals surface area (Å²) in [5.41, 5.74) is 5.68. The van der Waals surface area contributed by atoms with E-state index in [1.54, 1.807) is 0 Å². The number of benzene rings is 1. The van der Waals surface area contributed by atoms with E-state index in [0.717, 1.165) is 18.0 Å². The summed E-state index contributed by atoms with van der Waals surface area (Å²) in [5, 5.41) is 2.81. The first-order valence-corrected chi connectivity index (χ1v) is 8.81. The van der Waals surface area contributed by atoms with Crippen LogP contribution in [0.3, 0.4) is 0 Å². The normalized spacial score (nSPS) is 23.5. The zero-order chi connectivity index (χ0) is 16.5. The molecule has 1 N–H and O–H groups in total. The second kappa shape index (κ2) is 6.36. The van der Waals surface area contributed by atoms with E-state index in [-0.39, 0.29) is 11.9 Å². The molecule has 1 unspecified atom stereocenters. The molecule has 1 aliphatic carbocycles. The Hall–Kier alpha value is -2.20. The number of allylic oxidation sites excluding steroid dienone is 3. The predicted molar refractivity (Wildman–Crippen MR) is 96.2 cm³/mol. The van der Waals surface area contributed by atoms with E-state index in [1.807, 2.05) is 6.08 Å². The third kappa shape index (κ3) is 2.94. The highest BCUT2D eigenvalue weighted by Gasteiger charge is 2.23. The van der Waals surface area contributed by atoms with E-state index in [4.69, 9.17) is 0 Å². The molecule has 1 atom stereocenters. The quantitative estimate of drug-likeness (QED) is 0.923. The lowest BCUT2D eigenvalue weighted by Crippen LogP contribution is -2.29. The molecule has 0 saturated carbocycles. The van der Waals surface area contributed by atoms with Crippen molar-refractivity contribution in [1.29, 1.82) is 0 Å². The fourth-order valence-corrected chi connectivity index (χ4v) is 3.85. The van der Waals surface area contributed by atoms with Crippen molar-refractivity contribution in [2.24, 2.45) is 4.99 Å². The molecule has 1 fully saturated rings. The average Bonchev–Trinajstić information content (AvgIpc) is 2.97. The van der Waals surface area contributed by atoms with Gasteiger partial charge in [0.15, 0.2) is 0 Å². The minimum Gasteiger partial charge on any atom is -0.304 e. The fourth-order valence-electron chi connectivity index (χ4n) is 3.85. The molecule has 1 saturated heterocycles. The number of carbonyl (C=O) groups excluding carboxylic acids is 1. The van der Waals surface area contributed by atoms with Crippen LogP contribution < -0.4 is 5.32 Å². The Morgan fingerprint density at radius 1 is 1.25 bits per heavy atom. The summed E-state index contributed by atoms with van der Waals surface area (Å²) in [6, 6.07) is 6.33. The van der Waals surface area contributed by atoms with Crippen molar-refractivity contribution in [1.82, 2.24) is 10.2 Å². The molecular weight excluding hydrogens is 298 g/mol. The molecule has 4 heteroatoms. The third-order valence-corrected chi connectivity index (χ3v) is 5.24. The second-order valence-corrected chi connectivity index (χ2v) is 6.86. The van der Waals surface area contributed by atoms with E-state index < -0.39 is 0 Å². The van der Waals surface area contributed by atoms with Gasteiger partial charge in [-0.1, -0.05) is 30.7 Å². The van der Waals surface area contributed by atoms with Crippen molar-refractivity contribution < 1.29 is 4.79 Å². The van der Waals surface area contributed by atoms with Crippen molar-refractivity contribution >= 4 is 11.7 Å². The van der Waals surface area contributed by atoms with Gasteiger partial charge in [-0.3, -0.25) is 4.90 Å². The third-order valence-electron chi connectivity index (χ3n) is 5.24. The number of carbonyl (C=O) groups is 1. The predicted octanol–water partition coefficient (Wildman–Crippen LogP) is 3.68. The lowest BCUT2D eigenvalue weighted by Gasteiger charge is -2.28. The molecule has 3 aliphatic rings. The number of fused-ring (bicyclic) bond motifs is 1. The number of amides is 2. The summed E-state index contributed by atoms with van der Waals surface area (Å²) in [6.07, 6.45) is 10.2. The summed E-state index contributed by atoms with van der Waals surface area (Å²) in [4.78, 5) is 17.9. The Balaban J connectivity index is 1.58. The summed E-state index contributed by atoms with van der Waals surface area (Å²) in [7, 11) is 0. The van der Waals surface area contributed by atoms with E-state index in [9.17, 15) is 4.79 Å². The summed E-state index contributed by atoms with van der Waals surface area (Å²) >= 11 is 0. The summed E-state index contributed by atoms with van der Waals surface area (Å²) < 4.78 is 0. The van der Waals surface area contributed by atoms with E-state index >= 15 is 0 Å². The topological polar surface area (TPSA) is 44.7 Å². The molecule has 1 aromatic rings. The van der Waals surface area contributed by atoms with Gasteiger partial charge < -0.3 is 5.32 Å². The van der Waals surface area contributed by atoms with Gasteiger partial charge in [-0.05, 0) is 61.7 Å². The second-order valence-electron chi connectivity index (χ2n) is 6.86. The van der Waals surface area contributed by atoms with Crippen LogP contribution in [0.15, 0.2) is 47.1 Å². The molecule has 2 aliphatic heterocycles. The molecule has 0 aromatic heterocycles. The van der Waals surface area contributed by atoms with Crippen LogP contribution in [0.4, 0.5) is 4.79 Å². The SMILES string of the molecule is Cc1c(CN2CCCCC2)cccc1C1C=CC2=NC(=O)NC2=C1. The lowest BCUT2D eigenvalue weighted by atomic mass is 9.88. The minimum atomic E-state index is -0.267. The number of hydrogen-bond acceptors (Lipinski definition) is 2. The Kier molecular flexibility index (Phi) is 4.07. The molecule has 0 radical (unpaired) electrons. The largest absolute Gasteiger partial charge is 0.346 e. The number of likely N-dealkylation sites (tertiary alicyclic amines) is 1. The van der Waals surface area contributed by atoms with Gasteiger partial charge in [-0.2, -0.15) is 4.99 Å². The highest BCUT2D eigenvalue weighted by molar-refractivity contribution is 6.19. The Bertz CT molecular complexity index is 754. The van der Waals surface area contributed by atoms with Crippen LogP contribution in [0, 0.1) is 6.92 Å². The molecule has 4 nitrogen and oxygen atoms in total. The molecular formula is C20H23N3O. The first-order chi connectivity index (χ1) is 11.7. The van der Waals surface area contributed by atoms with Crippen molar-refractivity contribution in [3.63, 3.8) is 0 Å². The maximum Gasteiger partial charge on any atom is 0.346 e. The molecule has 0 bridgehead atoms. The number of aliphatic imine (C=N–C) groups is 1. The van der Waals surface area contributed by atoms with Crippen molar-refractivity contribution in [2.45, 2.75) is 38.6 Å². The number of rotatable bonds is 3. The van der Waals surface area contributed by atoms with Crippen molar-refractivity contribution in [3.05, 3.63) is 58.8 Å². The van der Waals surface area contributed by atoms with Gasteiger partial charge >= 0.3 is 6.03 Å². The monoisotopic (exact) mass is 321 g/mol. The molecule has 24 heavy (non-hydrogen) atoms. The number of hydrogen-bond donors (Lipinski definition) is 1. The van der Waals surface area contributed by atoms with Gasteiger partial charge in [0.05, 0.1) is 11.4 Å². The molecule has 2 heterocycles. The van der Waals surface area contributed by atoms with Crippen LogP contribution in [0.25, 0.3) is 0 Å². The molecule has 4 rings (SSSR count). The summed E-state index contributed by atoms with van der Waals surface area (Å²) in [5.74, 6) is 0.193. The smallest absolute Gasteiger partial charge is 0.304 e. The Morgan fingerprint density at radius 2 is 2.08 bits per heavy atom. The van der Waals surface area contributed by atoms with Crippen LogP contribution in [0.2, 0.25) is 0 Å². The zero-order valence-corrected chi connectivity index (χ0v) is 14.1. The number of nitrogens with one attached hydrogen (secondary N) is 1. The first kappa shape index (κ1) is 15.3. The Morgan fingerprint density at radius 3 is 2.92 bits per heavy atom. The molecule has 124 valence electrons. The molecule has 2 amide bonds. The van der Waals surface area contributed by atoms with Crippen LogP contribution in [-0.2, 0) is 6.54 Å². The van der Waals surface area contributed by atoms with Gasteiger partial charge in [0.1, 0.15) is 0 Å². The number of urea groups is 1. The van der Waals surface area contributed by atoms with Gasteiger partial charge in [-0.25, -0.2) is 4.79 Å². The van der Waals surface area contributed by atoms with Gasteiger partial charge in [0, 0.05) is 12.5 Å². The van der Waals surface area contributed by atoms with Crippen molar-refractivity contribution in [3.8, 4) is 0 Å². The first-order valence-electron chi connectivity index (χ1n) is 8.81. The zero-order valence-electron chi connectivity index (χ0n) is 14.1. The van der Waals surface area contributed by atoms with Gasteiger partial charge in [0.2, 0.25) is 0 Å². The van der Waals surface area contributed by atoms with E-state index in [2.05, 4.69) is 52.5 Å². The van der Waals surface area contributed by atoms with Crippen LogP contribution in [0.5, 0.6) is 0 Å². The highest BCUT2D eigenvalue weighted by Crippen LogP contribution is 2.30. The Labute approximate surface area is 143 Å². The maximum absolute atomic E-state index is 11.4. The van der Waals surface area contributed by atoms with Crippen LogP contribution in [0.1, 0.15) is 41.9 Å². The van der Waals surface area contributed by atoms with Crippen LogP contribution >= 0.6 is 0 Å². The standard InChI is InChI=1S/C20H23N3O/c1-14-16(13-23-10-3-2-4-11-23)6-5-7-17(14)15-8-9-18-19(12-15)22-20(24)21-18/h5-9,12,15H,2-4,10-11,13H2,1H3,(H,22,24). The van der Waals surface area contributed by atoms with Crippen molar-refractivity contribution in [2.75, 3.05) is 13.1 Å². The van der Waals surface area contributed by atoms with E-state index in [1.165, 1.54) is 49.0 Å². The number of piperidine rings is 1. The van der Waals surface area contributed by atoms with E-state index in [0.29, 0.717) is 0 Å². The highest BCUT2D eigenvalue weighted by atomic mass is 16.2. The van der Waals surface area contributed by atoms with Gasteiger partial charge in [0.25, 0.3) is 0 Å². The lowest BCUT2D eigenvalue weighted by molar-refractivity contribution is 0.220. The van der Waals surface area contributed by atoms with Gasteiger partial charge in [-0.15, -0.1) is 0 Å². The average molecular weight is 321 g/mol. The maximum atomic E-state index is 11.4. The van der Waals surface area contributed by atoms with Crippen LogP contribution in [-0.4, -0.2) is 29.7 Å². The fraction of sp³-hybridized carbons (Fsp3) is 0.400. The number of nitrogens with zero attached hydrogens (tertiary/aromatic N) is 2. The molecule has 1 aromatic carbocycles. The molecule has 0 spiro atoms. The minimum absolute atomic E-state index is 0.193.